The highest BCUT2D eigenvalue weighted by Crippen LogP contribution is 2.15. The van der Waals surface area contributed by atoms with Crippen LogP contribution in [-0.4, -0.2) is 60.0 Å². The second-order valence-electron chi connectivity index (χ2n) is 4.65. The van der Waals surface area contributed by atoms with E-state index in [2.05, 4.69) is 4.90 Å². The molecule has 0 bridgehead atoms. The van der Waals surface area contributed by atoms with Crippen LogP contribution in [0.25, 0.3) is 0 Å². The number of carboxylic acids is 1. The van der Waals surface area contributed by atoms with Crippen molar-refractivity contribution in [1.29, 1.82) is 0 Å². The third kappa shape index (κ3) is 3.20. The summed E-state index contributed by atoms with van der Waals surface area (Å²) < 4.78 is 0. The quantitative estimate of drug-likeness (QED) is 0.749. The van der Waals surface area contributed by atoms with Crippen molar-refractivity contribution < 1.29 is 14.7 Å². The van der Waals surface area contributed by atoms with Crippen LogP contribution in [0.15, 0.2) is 0 Å². The number of aliphatic carboxylic acids is 1. The van der Waals surface area contributed by atoms with Gasteiger partial charge in [-0.3, -0.25) is 9.59 Å². The monoisotopic (exact) mass is 228 g/mol. The zero-order chi connectivity index (χ0) is 12.3. The maximum absolute atomic E-state index is 11.8. The Balaban J connectivity index is 2.44. The largest absolute Gasteiger partial charge is 0.481 e. The molecule has 0 aromatic rings. The van der Waals surface area contributed by atoms with Gasteiger partial charge in [-0.2, -0.15) is 0 Å². The van der Waals surface area contributed by atoms with Gasteiger partial charge in [-0.15, -0.1) is 0 Å². The number of hydrogen-bond donors (Lipinski definition) is 1. The van der Waals surface area contributed by atoms with Gasteiger partial charge in [0.05, 0.1) is 5.92 Å². The first-order chi connectivity index (χ1) is 7.41. The van der Waals surface area contributed by atoms with Crippen molar-refractivity contribution in [1.82, 2.24) is 9.80 Å². The van der Waals surface area contributed by atoms with Gasteiger partial charge in [0, 0.05) is 26.1 Å². The van der Waals surface area contributed by atoms with Crippen LogP contribution < -0.4 is 0 Å². The fourth-order valence-corrected chi connectivity index (χ4v) is 1.92. The molecule has 16 heavy (non-hydrogen) atoms. The summed E-state index contributed by atoms with van der Waals surface area (Å²) in [4.78, 5) is 26.3. The predicted molar refractivity (Wildman–Crippen MR) is 60.1 cm³/mol. The van der Waals surface area contributed by atoms with E-state index < -0.39 is 11.9 Å². The fourth-order valence-electron chi connectivity index (χ4n) is 1.92. The number of carboxylic acid groups (broad SMARTS) is 1. The Bertz CT molecular complexity index is 280. The van der Waals surface area contributed by atoms with Gasteiger partial charge in [-0.05, 0) is 20.0 Å². The predicted octanol–water partition coefficient (Wildman–Crippen LogP) is 0.260. The van der Waals surface area contributed by atoms with Crippen LogP contribution in [0.1, 0.15) is 19.8 Å². The van der Waals surface area contributed by atoms with E-state index in [1.165, 1.54) is 0 Å². The number of rotatable bonds is 4. The Morgan fingerprint density at radius 1 is 1.56 bits per heavy atom. The van der Waals surface area contributed by atoms with Crippen molar-refractivity contribution in [3.63, 3.8) is 0 Å². The van der Waals surface area contributed by atoms with Crippen LogP contribution in [-0.2, 0) is 9.59 Å². The summed E-state index contributed by atoms with van der Waals surface area (Å²) in [7, 11) is 3.79. The molecule has 5 nitrogen and oxygen atoms in total. The average Bonchev–Trinajstić information content (AvgIpc) is 2.63. The third-order valence-electron chi connectivity index (χ3n) is 3.21. The second kappa shape index (κ2) is 5.30. The summed E-state index contributed by atoms with van der Waals surface area (Å²) in [5.74, 6) is -1.59. The van der Waals surface area contributed by atoms with Gasteiger partial charge in [0.25, 0.3) is 0 Å². The molecule has 0 aromatic carbocycles. The molecule has 2 unspecified atom stereocenters. The normalized spacial score (nSPS) is 23.1. The number of amides is 1. The van der Waals surface area contributed by atoms with Crippen LogP contribution in [0.3, 0.4) is 0 Å². The van der Waals surface area contributed by atoms with Crippen LogP contribution in [0.5, 0.6) is 0 Å². The van der Waals surface area contributed by atoms with Crippen molar-refractivity contribution in [2.75, 3.05) is 27.2 Å². The Labute approximate surface area is 96.0 Å². The molecular formula is C11H20N2O3. The minimum absolute atomic E-state index is 0.0739. The standard InChI is InChI=1S/C11H20N2O3/c1-8(11(15)16)6-10(14)13(3)9-4-5-12(2)7-9/h8-9H,4-7H2,1-3H3,(H,15,16). The van der Waals surface area contributed by atoms with E-state index in [0.717, 1.165) is 19.5 Å². The summed E-state index contributed by atoms with van der Waals surface area (Å²) in [5.41, 5.74) is 0. The van der Waals surface area contributed by atoms with Gasteiger partial charge in [0.15, 0.2) is 0 Å². The molecule has 1 rings (SSSR count). The van der Waals surface area contributed by atoms with Crippen molar-refractivity contribution in [2.24, 2.45) is 5.92 Å². The second-order valence-corrected chi connectivity index (χ2v) is 4.65. The molecule has 1 fully saturated rings. The molecule has 0 aliphatic carbocycles. The van der Waals surface area contributed by atoms with E-state index in [4.69, 9.17) is 5.11 Å². The van der Waals surface area contributed by atoms with E-state index in [0.29, 0.717) is 0 Å². The van der Waals surface area contributed by atoms with E-state index >= 15 is 0 Å². The van der Waals surface area contributed by atoms with Gasteiger partial charge < -0.3 is 14.9 Å². The van der Waals surface area contributed by atoms with Crippen molar-refractivity contribution >= 4 is 11.9 Å². The molecule has 1 amide bonds. The summed E-state index contributed by atoms with van der Waals surface area (Å²) >= 11 is 0. The van der Waals surface area contributed by atoms with E-state index in [-0.39, 0.29) is 18.4 Å². The number of hydrogen-bond acceptors (Lipinski definition) is 3. The topological polar surface area (TPSA) is 60.9 Å². The van der Waals surface area contributed by atoms with Crippen LogP contribution >= 0.6 is 0 Å². The van der Waals surface area contributed by atoms with Crippen LogP contribution in [0, 0.1) is 5.92 Å². The molecule has 5 heteroatoms. The first-order valence-corrected chi connectivity index (χ1v) is 5.58. The van der Waals surface area contributed by atoms with Crippen LogP contribution in [0.2, 0.25) is 0 Å². The molecule has 1 aliphatic rings. The maximum Gasteiger partial charge on any atom is 0.306 e. The van der Waals surface area contributed by atoms with Crippen LogP contribution in [0.4, 0.5) is 0 Å². The molecule has 0 saturated carbocycles. The highest BCUT2D eigenvalue weighted by Gasteiger charge is 2.27. The lowest BCUT2D eigenvalue weighted by Crippen LogP contribution is -2.39. The van der Waals surface area contributed by atoms with Crippen molar-refractivity contribution in [3.8, 4) is 0 Å². The lowest BCUT2D eigenvalue weighted by atomic mass is 10.1. The molecule has 1 aliphatic heterocycles. The number of carbonyl (C=O) groups excluding carboxylic acids is 1. The van der Waals surface area contributed by atoms with Gasteiger partial charge in [-0.1, -0.05) is 6.92 Å². The fraction of sp³-hybridized carbons (Fsp3) is 0.818. The molecule has 0 radical (unpaired) electrons. The van der Waals surface area contributed by atoms with E-state index in [1.807, 2.05) is 7.05 Å². The average molecular weight is 228 g/mol. The molecule has 0 spiro atoms. The molecule has 0 aromatic heterocycles. The molecule has 1 saturated heterocycles. The Kier molecular flexibility index (Phi) is 4.29. The number of carbonyl (C=O) groups is 2. The number of likely N-dealkylation sites (tertiary alicyclic amines) is 1. The van der Waals surface area contributed by atoms with Gasteiger partial charge >= 0.3 is 5.97 Å². The molecule has 1 heterocycles. The zero-order valence-electron chi connectivity index (χ0n) is 10.1. The first-order valence-electron chi connectivity index (χ1n) is 5.58. The molecule has 1 N–H and O–H groups in total. The highest BCUT2D eigenvalue weighted by atomic mass is 16.4. The zero-order valence-corrected chi connectivity index (χ0v) is 10.1. The summed E-state index contributed by atoms with van der Waals surface area (Å²) in [5, 5.41) is 8.74. The molecule has 92 valence electrons. The lowest BCUT2D eigenvalue weighted by molar-refractivity contribution is -0.145. The lowest BCUT2D eigenvalue weighted by Gasteiger charge is -2.25. The Morgan fingerprint density at radius 3 is 2.62 bits per heavy atom. The van der Waals surface area contributed by atoms with Crippen molar-refractivity contribution in [2.45, 2.75) is 25.8 Å². The number of nitrogens with zero attached hydrogens (tertiary/aromatic N) is 2. The minimum atomic E-state index is -0.912. The number of likely N-dealkylation sites (N-methyl/N-ethyl adjacent to an activating group) is 2. The summed E-state index contributed by atoms with van der Waals surface area (Å²) in [6.45, 7) is 3.44. The Morgan fingerprint density at radius 2 is 2.19 bits per heavy atom. The highest BCUT2D eigenvalue weighted by molar-refractivity contribution is 5.82. The van der Waals surface area contributed by atoms with Gasteiger partial charge in [-0.25, -0.2) is 0 Å². The maximum atomic E-state index is 11.8. The smallest absolute Gasteiger partial charge is 0.306 e. The SMILES string of the molecule is CC(CC(=O)N(C)C1CCN(C)C1)C(=O)O. The summed E-state index contributed by atoms with van der Waals surface area (Å²) in [6, 6.07) is 0.235. The van der Waals surface area contributed by atoms with Gasteiger partial charge in [0.1, 0.15) is 0 Å². The summed E-state index contributed by atoms with van der Waals surface area (Å²) in [6.07, 6.45) is 1.06. The molecule has 2 atom stereocenters. The Hall–Kier alpha value is -1.10. The van der Waals surface area contributed by atoms with E-state index in [1.54, 1.807) is 18.9 Å². The first kappa shape index (κ1) is 13.0. The third-order valence-corrected chi connectivity index (χ3v) is 3.21. The molecular weight excluding hydrogens is 208 g/mol. The van der Waals surface area contributed by atoms with Crippen molar-refractivity contribution in [3.05, 3.63) is 0 Å². The van der Waals surface area contributed by atoms with Gasteiger partial charge in [0.2, 0.25) is 5.91 Å². The minimum Gasteiger partial charge on any atom is -0.481 e. The van der Waals surface area contributed by atoms with E-state index in [9.17, 15) is 9.59 Å².